The molecule has 2 saturated heterocycles. The van der Waals surface area contributed by atoms with E-state index in [0.717, 1.165) is 38.9 Å². The summed E-state index contributed by atoms with van der Waals surface area (Å²) >= 11 is 0. The Labute approximate surface area is 198 Å². The highest BCUT2D eigenvalue weighted by Crippen LogP contribution is 2.40. The van der Waals surface area contributed by atoms with E-state index < -0.39 is 0 Å². The Bertz CT molecular complexity index is 1290. The highest BCUT2D eigenvalue weighted by atomic mass is 16.5. The third kappa shape index (κ3) is 3.59. The van der Waals surface area contributed by atoms with Crippen LogP contribution in [0.4, 0.5) is 0 Å². The first-order chi connectivity index (χ1) is 16.5. The quantitative estimate of drug-likeness (QED) is 0.599. The van der Waals surface area contributed by atoms with Crippen molar-refractivity contribution in [1.82, 2.24) is 14.5 Å². The third-order valence-electron chi connectivity index (χ3n) is 7.67. The number of carbonyl (C=O) groups is 1. The minimum absolute atomic E-state index is 0.0200. The van der Waals surface area contributed by atoms with E-state index in [1.165, 1.54) is 11.1 Å². The van der Waals surface area contributed by atoms with Crippen molar-refractivity contribution >= 4 is 16.9 Å². The average Bonchev–Trinajstić information content (AvgIpc) is 3.25. The fourth-order valence-corrected chi connectivity index (χ4v) is 5.71. The summed E-state index contributed by atoms with van der Waals surface area (Å²) in [7, 11) is 0. The minimum Gasteiger partial charge on any atom is -0.488 e. The van der Waals surface area contributed by atoms with Crippen LogP contribution in [0.2, 0.25) is 0 Å². The molecule has 0 bridgehead atoms. The molecule has 0 saturated carbocycles. The molecule has 1 aliphatic carbocycles. The van der Waals surface area contributed by atoms with Crippen molar-refractivity contribution < 1.29 is 14.3 Å². The van der Waals surface area contributed by atoms with E-state index in [-0.39, 0.29) is 28.4 Å². The van der Waals surface area contributed by atoms with Crippen LogP contribution in [0, 0.1) is 5.41 Å². The summed E-state index contributed by atoms with van der Waals surface area (Å²) in [6.45, 7) is 5.50. The van der Waals surface area contributed by atoms with Gasteiger partial charge in [0, 0.05) is 57.3 Å². The third-order valence-corrected chi connectivity index (χ3v) is 7.67. The topological polar surface area (TPSA) is 73.7 Å². The molecule has 1 spiro atoms. The fraction of sp³-hybridized carbons (Fsp3) is 0.444. The Kier molecular flexibility index (Phi) is 5.17. The summed E-state index contributed by atoms with van der Waals surface area (Å²) in [5.74, 6) is 0.378. The number of pyridine rings is 2. The van der Waals surface area contributed by atoms with Crippen LogP contribution in [-0.2, 0) is 24.1 Å². The van der Waals surface area contributed by atoms with Gasteiger partial charge in [-0.15, -0.1) is 0 Å². The first-order valence-electron chi connectivity index (χ1n) is 12.2. The van der Waals surface area contributed by atoms with E-state index in [9.17, 15) is 9.59 Å². The van der Waals surface area contributed by atoms with E-state index in [1.54, 1.807) is 23.4 Å². The van der Waals surface area contributed by atoms with Crippen LogP contribution in [0.25, 0.3) is 11.0 Å². The van der Waals surface area contributed by atoms with E-state index >= 15 is 0 Å². The van der Waals surface area contributed by atoms with Gasteiger partial charge in [0.2, 0.25) is 5.43 Å². The van der Waals surface area contributed by atoms with Crippen molar-refractivity contribution in [1.29, 1.82) is 0 Å². The lowest BCUT2D eigenvalue weighted by Gasteiger charge is -2.52. The first kappa shape index (κ1) is 21.4. The van der Waals surface area contributed by atoms with Gasteiger partial charge >= 0.3 is 0 Å². The van der Waals surface area contributed by atoms with Gasteiger partial charge in [-0.05, 0) is 37.0 Å². The second-order valence-electron chi connectivity index (χ2n) is 9.89. The second kappa shape index (κ2) is 8.24. The molecule has 4 heterocycles. The summed E-state index contributed by atoms with van der Waals surface area (Å²) < 4.78 is 13.6. The molecule has 7 heteroatoms. The molecule has 0 unspecified atom stereocenters. The van der Waals surface area contributed by atoms with Gasteiger partial charge in [0.25, 0.3) is 5.91 Å². The number of carbonyl (C=O) groups excluding carboxylic acids is 1. The number of hydrogen-bond donors (Lipinski definition) is 0. The maximum atomic E-state index is 13.4. The van der Waals surface area contributed by atoms with Crippen LogP contribution >= 0.6 is 0 Å². The number of nitrogens with zero attached hydrogens (tertiary/aromatic N) is 3. The summed E-state index contributed by atoms with van der Waals surface area (Å²) in [4.78, 5) is 33.1. The molecular formula is C27H29N3O4. The molecule has 3 aromatic rings. The molecule has 0 radical (unpaired) electrons. The van der Waals surface area contributed by atoms with Crippen LogP contribution in [0.15, 0.2) is 47.5 Å². The molecule has 1 amide bonds. The van der Waals surface area contributed by atoms with Crippen LogP contribution in [-0.4, -0.2) is 52.8 Å². The zero-order valence-corrected chi connectivity index (χ0v) is 19.5. The normalized spacial score (nSPS) is 19.3. The standard InChI is InChI=1S/C27H29N3O4/c1-2-29-15-23(26(32)30-16-27(17-30)7-9-33-10-8-27)24(31)22-13-21(14-28-25(22)29)34-20-11-18-5-3-4-6-19(18)12-20/h3-6,13-15,20H,2,7-12,16-17H2,1H3. The Morgan fingerprint density at radius 1 is 1.18 bits per heavy atom. The van der Waals surface area contributed by atoms with Crippen molar-refractivity contribution in [2.75, 3.05) is 26.3 Å². The average molecular weight is 460 g/mol. The molecule has 6 rings (SSSR count). The molecule has 3 aliphatic rings. The molecule has 34 heavy (non-hydrogen) atoms. The SMILES string of the molecule is CCn1cc(C(=O)N2CC3(CCOCC3)C2)c(=O)c2cc(OC3Cc4ccccc4C3)cnc21. The van der Waals surface area contributed by atoms with Gasteiger partial charge in [-0.3, -0.25) is 9.59 Å². The van der Waals surface area contributed by atoms with Gasteiger partial charge in [-0.2, -0.15) is 0 Å². The maximum Gasteiger partial charge on any atom is 0.259 e. The molecule has 2 aliphatic heterocycles. The Balaban J connectivity index is 1.27. The molecule has 176 valence electrons. The van der Waals surface area contributed by atoms with Crippen molar-refractivity contribution in [3.8, 4) is 5.75 Å². The van der Waals surface area contributed by atoms with Crippen LogP contribution < -0.4 is 10.2 Å². The number of fused-ring (bicyclic) bond motifs is 2. The minimum atomic E-state index is -0.273. The summed E-state index contributed by atoms with van der Waals surface area (Å²) in [6.07, 6.45) is 7.01. The van der Waals surface area contributed by atoms with Crippen molar-refractivity contribution in [3.63, 3.8) is 0 Å². The smallest absolute Gasteiger partial charge is 0.259 e. The molecular weight excluding hydrogens is 430 g/mol. The van der Waals surface area contributed by atoms with Crippen LogP contribution in [0.1, 0.15) is 41.3 Å². The summed E-state index contributed by atoms with van der Waals surface area (Å²) in [5, 5.41) is 0.432. The highest BCUT2D eigenvalue weighted by Gasteiger charge is 2.46. The molecule has 7 nitrogen and oxygen atoms in total. The van der Waals surface area contributed by atoms with Crippen molar-refractivity contribution in [2.45, 2.75) is 45.3 Å². The van der Waals surface area contributed by atoms with Gasteiger partial charge in [0.1, 0.15) is 23.1 Å². The number of benzene rings is 1. The van der Waals surface area contributed by atoms with Gasteiger partial charge in [-0.25, -0.2) is 4.98 Å². The van der Waals surface area contributed by atoms with Crippen molar-refractivity contribution in [2.24, 2.45) is 5.41 Å². The summed E-state index contributed by atoms with van der Waals surface area (Å²) in [6, 6.07) is 10.1. The Morgan fingerprint density at radius 2 is 1.88 bits per heavy atom. The molecule has 0 atom stereocenters. The second-order valence-corrected chi connectivity index (χ2v) is 9.89. The number of rotatable bonds is 4. The molecule has 1 aromatic carbocycles. The molecule has 2 fully saturated rings. The lowest BCUT2D eigenvalue weighted by molar-refractivity contribution is -0.0666. The number of amides is 1. The van der Waals surface area contributed by atoms with Crippen LogP contribution in [0.5, 0.6) is 5.75 Å². The number of hydrogen-bond acceptors (Lipinski definition) is 5. The molecule has 0 N–H and O–H groups in total. The van der Waals surface area contributed by atoms with E-state index in [4.69, 9.17) is 9.47 Å². The zero-order chi connectivity index (χ0) is 23.3. The number of aromatic nitrogens is 2. The predicted octanol–water partition coefficient (Wildman–Crippen LogP) is 3.22. The fourth-order valence-electron chi connectivity index (χ4n) is 5.71. The van der Waals surface area contributed by atoms with Gasteiger partial charge in [0.15, 0.2) is 0 Å². The Hall–Kier alpha value is -3.19. The number of likely N-dealkylation sites (tertiary alicyclic amines) is 1. The number of aryl methyl sites for hydroxylation is 1. The Morgan fingerprint density at radius 3 is 2.56 bits per heavy atom. The van der Waals surface area contributed by atoms with Crippen LogP contribution in [0.3, 0.4) is 0 Å². The van der Waals surface area contributed by atoms with E-state index in [2.05, 4.69) is 17.1 Å². The summed E-state index contributed by atoms with van der Waals surface area (Å²) in [5.41, 5.74) is 3.29. The highest BCUT2D eigenvalue weighted by molar-refractivity contribution is 5.97. The molecule has 2 aromatic heterocycles. The van der Waals surface area contributed by atoms with Gasteiger partial charge in [-0.1, -0.05) is 24.3 Å². The predicted molar refractivity (Wildman–Crippen MR) is 128 cm³/mol. The lowest BCUT2D eigenvalue weighted by Crippen LogP contribution is -2.60. The van der Waals surface area contributed by atoms with Crippen molar-refractivity contribution in [3.05, 3.63) is 69.6 Å². The van der Waals surface area contributed by atoms with E-state index in [0.29, 0.717) is 36.4 Å². The lowest BCUT2D eigenvalue weighted by atomic mass is 9.73. The monoisotopic (exact) mass is 459 g/mol. The van der Waals surface area contributed by atoms with Gasteiger partial charge in [0.05, 0.1) is 11.6 Å². The number of ether oxygens (including phenoxy) is 2. The first-order valence-corrected chi connectivity index (χ1v) is 12.2. The zero-order valence-electron chi connectivity index (χ0n) is 19.5. The van der Waals surface area contributed by atoms with Gasteiger partial charge < -0.3 is 18.9 Å². The largest absolute Gasteiger partial charge is 0.488 e. The van der Waals surface area contributed by atoms with E-state index in [1.807, 2.05) is 23.6 Å². The maximum absolute atomic E-state index is 13.4.